The van der Waals surface area contributed by atoms with Crippen LogP contribution in [0.1, 0.15) is 40.5 Å². The monoisotopic (exact) mass is 294 g/mol. The van der Waals surface area contributed by atoms with Gasteiger partial charge in [0.25, 0.3) is 0 Å². The molecule has 1 aliphatic carbocycles. The number of carboxylic acids is 1. The Morgan fingerprint density at radius 2 is 2.29 bits per heavy atom. The van der Waals surface area contributed by atoms with Crippen LogP contribution in [0.4, 0.5) is 0 Å². The molecule has 0 spiro atoms. The highest BCUT2D eigenvalue weighted by molar-refractivity contribution is 9.10. The second kappa shape index (κ2) is 3.57. The molecule has 1 fully saturated rings. The van der Waals surface area contributed by atoms with E-state index in [0.29, 0.717) is 17.3 Å². The van der Waals surface area contributed by atoms with Gasteiger partial charge >= 0.3 is 5.97 Å². The summed E-state index contributed by atoms with van der Waals surface area (Å²) >= 11 is 3.42. The largest absolute Gasteiger partial charge is 0.477 e. The summed E-state index contributed by atoms with van der Waals surface area (Å²) in [6.07, 6.45) is 3.88. The molecular weight excluding hydrogens is 284 g/mol. The molecule has 0 bridgehead atoms. The highest BCUT2D eigenvalue weighted by Gasteiger charge is 2.32. The van der Waals surface area contributed by atoms with Gasteiger partial charge in [-0.1, -0.05) is 0 Å². The summed E-state index contributed by atoms with van der Waals surface area (Å²) in [5.41, 5.74) is 2.81. The summed E-state index contributed by atoms with van der Waals surface area (Å²) in [6.45, 7) is 1.97. The van der Waals surface area contributed by atoms with Crippen LogP contribution >= 0.6 is 15.9 Å². The molecule has 2 heterocycles. The average Bonchev–Trinajstić information content (AvgIpc) is 3.02. The van der Waals surface area contributed by atoms with Crippen molar-refractivity contribution in [3.63, 3.8) is 0 Å². The van der Waals surface area contributed by atoms with Crippen LogP contribution in [0.5, 0.6) is 0 Å². The molecule has 0 amide bonds. The van der Waals surface area contributed by atoms with Crippen LogP contribution in [0.25, 0.3) is 5.65 Å². The fourth-order valence-corrected chi connectivity index (χ4v) is 2.35. The van der Waals surface area contributed by atoms with E-state index in [9.17, 15) is 9.90 Å². The minimum Gasteiger partial charge on any atom is -0.477 e. The molecule has 0 atom stereocenters. The molecular formula is C12H11BrN2O2. The summed E-state index contributed by atoms with van der Waals surface area (Å²) in [4.78, 5) is 15.8. The third-order valence-corrected chi connectivity index (χ3v) is 3.93. The molecule has 4 nitrogen and oxygen atoms in total. The molecule has 3 rings (SSSR count). The number of imidazole rings is 1. The van der Waals surface area contributed by atoms with E-state index in [4.69, 9.17) is 0 Å². The molecule has 0 aliphatic heterocycles. The highest BCUT2D eigenvalue weighted by Crippen LogP contribution is 2.41. The number of aromatic carboxylic acids is 1. The van der Waals surface area contributed by atoms with Crippen LogP contribution in [-0.2, 0) is 0 Å². The molecule has 0 unspecified atom stereocenters. The van der Waals surface area contributed by atoms with Crippen LogP contribution in [-0.4, -0.2) is 20.5 Å². The van der Waals surface area contributed by atoms with E-state index < -0.39 is 5.97 Å². The van der Waals surface area contributed by atoms with Crippen molar-refractivity contribution in [3.05, 3.63) is 33.7 Å². The van der Waals surface area contributed by atoms with Crippen molar-refractivity contribution in [3.8, 4) is 0 Å². The van der Waals surface area contributed by atoms with Gasteiger partial charge < -0.3 is 5.11 Å². The minimum atomic E-state index is -0.907. The summed E-state index contributed by atoms with van der Waals surface area (Å²) in [5, 5.41) is 9.31. The Morgan fingerprint density at radius 1 is 1.59 bits per heavy atom. The first-order chi connectivity index (χ1) is 8.08. The Hall–Kier alpha value is -1.36. The van der Waals surface area contributed by atoms with E-state index in [1.165, 1.54) is 0 Å². The first-order valence-corrected chi connectivity index (χ1v) is 6.28. The van der Waals surface area contributed by atoms with E-state index in [-0.39, 0.29) is 0 Å². The highest BCUT2D eigenvalue weighted by atomic mass is 79.9. The first kappa shape index (κ1) is 10.8. The lowest BCUT2D eigenvalue weighted by atomic mass is 10.2. The smallest absolute Gasteiger partial charge is 0.354 e. The average molecular weight is 295 g/mol. The SMILES string of the molecule is Cc1cc2nc(C3CC3)c(C(=O)O)n2cc1Br. The van der Waals surface area contributed by atoms with Gasteiger partial charge in [0, 0.05) is 16.6 Å². The van der Waals surface area contributed by atoms with Crippen molar-refractivity contribution in [1.29, 1.82) is 0 Å². The maximum atomic E-state index is 11.3. The normalized spacial score (nSPS) is 15.4. The zero-order chi connectivity index (χ0) is 12.2. The van der Waals surface area contributed by atoms with Crippen LogP contribution in [0, 0.1) is 6.92 Å². The van der Waals surface area contributed by atoms with Gasteiger partial charge in [-0.25, -0.2) is 9.78 Å². The summed E-state index contributed by atoms with van der Waals surface area (Å²) in [6, 6.07) is 1.91. The van der Waals surface area contributed by atoms with Gasteiger partial charge in [0.1, 0.15) is 5.65 Å². The molecule has 1 N–H and O–H groups in total. The molecule has 2 aromatic rings. The lowest BCUT2D eigenvalue weighted by Crippen LogP contribution is -2.05. The number of pyridine rings is 1. The Kier molecular flexibility index (Phi) is 2.26. The van der Waals surface area contributed by atoms with Crippen LogP contribution in [0.2, 0.25) is 0 Å². The number of aryl methyl sites for hydroxylation is 1. The second-order valence-corrected chi connectivity index (χ2v) is 5.31. The Labute approximate surface area is 106 Å². The van der Waals surface area contributed by atoms with E-state index in [2.05, 4.69) is 20.9 Å². The quantitative estimate of drug-likeness (QED) is 0.926. The van der Waals surface area contributed by atoms with Crippen molar-refractivity contribution in [1.82, 2.24) is 9.38 Å². The number of carboxylic acid groups (broad SMARTS) is 1. The van der Waals surface area contributed by atoms with Crippen LogP contribution in [0.3, 0.4) is 0 Å². The molecule has 2 aromatic heterocycles. The predicted molar refractivity (Wildman–Crippen MR) is 66.6 cm³/mol. The summed E-state index contributed by atoms with van der Waals surface area (Å²) in [5.74, 6) is -0.574. The standard InChI is InChI=1S/C12H11BrN2O2/c1-6-4-9-14-10(7-2-3-7)11(12(16)17)15(9)5-8(6)13/h4-5,7H,2-3H2,1H3,(H,16,17). The fourth-order valence-electron chi connectivity index (χ4n) is 2.03. The van der Waals surface area contributed by atoms with Crippen LogP contribution < -0.4 is 0 Å². The van der Waals surface area contributed by atoms with E-state index in [1.807, 2.05) is 13.0 Å². The second-order valence-electron chi connectivity index (χ2n) is 4.46. The van der Waals surface area contributed by atoms with Gasteiger partial charge in [-0.05, 0) is 47.3 Å². The molecule has 5 heteroatoms. The zero-order valence-corrected chi connectivity index (χ0v) is 10.9. The minimum absolute atomic E-state index is 0.309. The van der Waals surface area contributed by atoms with Crippen molar-refractivity contribution in [2.24, 2.45) is 0 Å². The number of hydrogen-bond donors (Lipinski definition) is 1. The number of halogens is 1. The van der Waals surface area contributed by atoms with Crippen LogP contribution in [0.15, 0.2) is 16.7 Å². The van der Waals surface area contributed by atoms with Crippen molar-refractivity contribution in [2.75, 3.05) is 0 Å². The molecule has 1 aliphatic rings. The molecule has 1 saturated carbocycles. The van der Waals surface area contributed by atoms with E-state index in [1.54, 1.807) is 10.6 Å². The Bertz CT molecular complexity index is 629. The maximum Gasteiger partial charge on any atom is 0.354 e. The Morgan fingerprint density at radius 3 is 2.88 bits per heavy atom. The molecule has 17 heavy (non-hydrogen) atoms. The van der Waals surface area contributed by atoms with Gasteiger partial charge in [-0.3, -0.25) is 4.40 Å². The summed E-state index contributed by atoms with van der Waals surface area (Å²) in [7, 11) is 0. The van der Waals surface area contributed by atoms with Crippen molar-refractivity contribution < 1.29 is 9.90 Å². The first-order valence-electron chi connectivity index (χ1n) is 5.49. The van der Waals surface area contributed by atoms with Gasteiger partial charge in [0.05, 0.1) is 5.69 Å². The number of fused-ring (bicyclic) bond motifs is 1. The fraction of sp³-hybridized carbons (Fsp3) is 0.333. The van der Waals surface area contributed by atoms with Gasteiger partial charge in [-0.15, -0.1) is 0 Å². The molecule has 88 valence electrons. The lowest BCUT2D eigenvalue weighted by Gasteiger charge is -2.01. The molecule has 0 saturated heterocycles. The third kappa shape index (κ3) is 1.65. The number of nitrogens with zero attached hydrogens (tertiary/aromatic N) is 2. The number of rotatable bonds is 2. The van der Waals surface area contributed by atoms with Gasteiger partial charge in [0.15, 0.2) is 5.69 Å². The maximum absolute atomic E-state index is 11.3. The predicted octanol–water partition coefficient (Wildman–Crippen LogP) is 2.98. The molecule has 0 radical (unpaired) electrons. The van der Waals surface area contributed by atoms with Crippen molar-refractivity contribution in [2.45, 2.75) is 25.7 Å². The van der Waals surface area contributed by atoms with Gasteiger partial charge in [0.2, 0.25) is 0 Å². The number of carbonyl (C=O) groups is 1. The number of hydrogen-bond acceptors (Lipinski definition) is 2. The topological polar surface area (TPSA) is 54.6 Å². The number of aromatic nitrogens is 2. The van der Waals surface area contributed by atoms with Gasteiger partial charge in [-0.2, -0.15) is 0 Å². The summed E-state index contributed by atoms with van der Waals surface area (Å²) < 4.78 is 2.56. The van der Waals surface area contributed by atoms with E-state index >= 15 is 0 Å². The third-order valence-electron chi connectivity index (χ3n) is 3.10. The Balaban J connectivity index is 2.34. The van der Waals surface area contributed by atoms with E-state index in [0.717, 1.165) is 28.6 Å². The zero-order valence-electron chi connectivity index (χ0n) is 9.27. The van der Waals surface area contributed by atoms with Crippen molar-refractivity contribution >= 4 is 27.5 Å². The lowest BCUT2D eigenvalue weighted by molar-refractivity contribution is 0.0688. The molecule has 0 aromatic carbocycles.